The van der Waals surface area contributed by atoms with Gasteiger partial charge in [-0.25, -0.2) is 0 Å². The van der Waals surface area contributed by atoms with Gasteiger partial charge in [0.05, 0.1) is 11.4 Å². The molecule has 6 heterocycles. The highest BCUT2D eigenvalue weighted by Crippen LogP contribution is 2.51. The minimum Gasteiger partial charge on any atom is -0.468 e. The SMILES string of the molecule is CC(C)c1cc2c3c(c1)N(c1ccc(-c4cc5ccccc5s4)cc1)c1c(oc4ccc(C(C)(C)C)cc14)B3c1oc3ccc(C(C)(C)C)cc3c1N2c1ccc(-c2cc3ccccc3s2)cc1. The summed E-state index contributed by atoms with van der Waals surface area (Å²) in [6.45, 7) is 18.1. The molecule has 68 heavy (non-hydrogen) atoms. The minimum absolute atomic E-state index is 0.0614. The third kappa shape index (κ3) is 6.39. The summed E-state index contributed by atoms with van der Waals surface area (Å²) >= 11 is 3.69. The highest BCUT2D eigenvalue weighted by molar-refractivity contribution is 7.22. The van der Waals surface area contributed by atoms with E-state index in [1.165, 1.54) is 63.2 Å². The Morgan fingerprint density at radius 2 is 0.912 bits per heavy atom. The largest absolute Gasteiger partial charge is 0.468 e. The van der Waals surface area contributed by atoms with Gasteiger partial charge >= 0.3 is 6.71 Å². The number of hydrogen-bond acceptors (Lipinski definition) is 6. The van der Waals surface area contributed by atoms with E-state index in [-0.39, 0.29) is 23.5 Å². The van der Waals surface area contributed by atoms with Crippen molar-refractivity contribution < 1.29 is 8.83 Å². The van der Waals surface area contributed by atoms with Crippen LogP contribution in [0.4, 0.5) is 34.1 Å². The summed E-state index contributed by atoms with van der Waals surface area (Å²) in [5.74, 6) is 0.259. The molecule has 0 N–H and O–H groups in total. The van der Waals surface area contributed by atoms with Crippen molar-refractivity contribution in [3.8, 4) is 20.9 Å². The van der Waals surface area contributed by atoms with Gasteiger partial charge in [-0.3, -0.25) is 0 Å². The lowest BCUT2D eigenvalue weighted by atomic mass is 9.37. The number of rotatable bonds is 5. The maximum Gasteiger partial charge on any atom is 0.342 e. The second-order valence-electron chi connectivity index (χ2n) is 21.2. The molecule has 0 amide bonds. The van der Waals surface area contributed by atoms with Gasteiger partial charge in [0.15, 0.2) is 0 Å². The van der Waals surface area contributed by atoms with Gasteiger partial charge < -0.3 is 18.6 Å². The van der Waals surface area contributed by atoms with Gasteiger partial charge in [0.1, 0.15) is 22.5 Å². The fourth-order valence-corrected chi connectivity index (χ4v) is 12.7. The standard InChI is InChI=1S/C61H51BN2O2S2/c1-35(2)40-29-47-55-48(30-40)64(44-25-19-37(20-26-44)54-32-39-14-10-12-16-52(39)68-54)57-46-34-42(61(6,7)8)22-28-50(46)66-59(57)62(55)58-56(45-33-41(60(3,4)5)21-27-49(45)65-58)63(47)43-23-17-36(18-24-43)53-31-38-13-9-11-15-51(38)67-53/h9-35H,1-8H3. The summed E-state index contributed by atoms with van der Waals surface area (Å²) in [7, 11) is 0. The Bertz CT molecular complexity index is 3510. The highest BCUT2D eigenvalue weighted by Gasteiger charge is 2.50. The van der Waals surface area contributed by atoms with Crippen LogP contribution in [-0.2, 0) is 10.8 Å². The van der Waals surface area contributed by atoms with E-state index in [4.69, 9.17) is 8.83 Å². The van der Waals surface area contributed by atoms with E-state index in [9.17, 15) is 0 Å². The highest BCUT2D eigenvalue weighted by atomic mass is 32.1. The maximum absolute atomic E-state index is 7.31. The Kier molecular flexibility index (Phi) is 9.04. The van der Waals surface area contributed by atoms with E-state index in [1.54, 1.807) is 0 Å². The van der Waals surface area contributed by atoms with Gasteiger partial charge in [0.2, 0.25) is 0 Å². The van der Waals surface area contributed by atoms with Crippen LogP contribution < -0.4 is 26.6 Å². The quantitative estimate of drug-likeness (QED) is 0.161. The van der Waals surface area contributed by atoms with Crippen molar-refractivity contribution in [1.29, 1.82) is 0 Å². The van der Waals surface area contributed by atoms with Gasteiger partial charge in [-0.05, 0) is 146 Å². The van der Waals surface area contributed by atoms with Crippen LogP contribution in [0.2, 0.25) is 0 Å². The van der Waals surface area contributed by atoms with Crippen molar-refractivity contribution in [1.82, 2.24) is 0 Å². The molecule has 0 radical (unpaired) electrons. The van der Waals surface area contributed by atoms with Gasteiger partial charge in [0.25, 0.3) is 0 Å². The van der Waals surface area contributed by atoms with Gasteiger partial charge in [-0.15, -0.1) is 22.7 Å². The predicted molar refractivity (Wildman–Crippen MR) is 293 cm³/mol. The zero-order valence-corrected chi connectivity index (χ0v) is 41.3. The summed E-state index contributed by atoms with van der Waals surface area (Å²) in [5.41, 5.74) is 17.5. The van der Waals surface area contributed by atoms with E-state index in [0.717, 1.165) is 67.4 Å². The third-order valence-electron chi connectivity index (χ3n) is 14.3. The Hall–Kier alpha value is -6.80. The molecular formula is C61H51BN2O2S2. The number of furan rings is 2. The normalized spacial score (nSPS) is 13.6. The first-order valence-electron chi connectivity index (χ1n) is 23.9. The molecule has 4 nitrogen and oxygen atoms in total. The molecule has 7 aromatic carbocycles. The minimum atomic E-state index is -0.301. The Morgan fingerprint density at radius 1 is 0.485 bits per heavy atom. The molecule has 11 aromatic rings. The molecular weight excluding hydrogens is 868 g/mol. The zero-order chi connectivity index (χ0) is 46.4. The smallest absolute Gasteiger partial charge is 0.342 e. The molecule has 0 spiro atoms. The van der Waals surface area contributed by atoms with Crippen molar-refractivity contribution in [3.05, 3.63) is 174 Å². The molecule has 0 aliphatic carbocycles. The lowest BCUT2D eigenvalue weighted by Crippen LogP contribution is -2.60. The van der Waals surface area contributed by atoms with Crippen LogP contribution >= 0.6 is 22.7 Å². The fraction of sp³-hybridized carbons (Fsp3) is 0.180. The molecule has 0 atom stereocenters. The van der Waals surface area contributed by atoms with Gasteiger partial charge in [-0.2, -0.15) is 0 Å². The van der Waals surface area contributed by atoms with E-state index in [2.05, 4.69) is 223 Å². The van der Waals surface area contributed by atoms with E-state index in [0.29, 0.717) is 0 Å². The van der Waals surface area contributed by atoms with Crippen LogP contribution in [0.3, 0.4) is 0 Å². The molecule has 2 aliphatic rings. The van der Waals surface area contributed by atoms with Crippen LogP contribution in [0.1, 0.15) is 78.0 Å². The summed E-state index contributed by atoms with van der Waals surface area (Å²) < 4.78 is 17.2. The summed E-state index contributed by atoms with van der Waals surface area (Å²) in [4.78, 5) is 7.52. The molecule has 0 saturated carbocycles. The Balaban J connectivity index is 1.08. The summed E-state index contributed by atoms with van der Waals surface area (Å²) in [6, 6.07) is 58.8. The average molecular weight is 919 g/mol. The predicted octanol–water partition coefficient (Wildman–Crippen LogP) is 16.7. The van der Waals surface area contributed by atoms with Crippen molar-refractivity contribution >= 4 is 122 Å². The lowest BCUT2D eigenvalue weighted by Gasteiger charge is -2.41. The Morgan fingerprint density at radius 3 is 1.31 bits per heavy atom. The van der Waals surface area contributed by atoms with Gasteiger partial charge in [0, 0.05) is 52.7 Å². The number of anilines is 6. The summed E-state index contributed by atoms with van der Waals surface area (Å²) in [5, 5.41) is 4.77. The fourth-order valence-electron chi connectivity index (χ4n) is 10.6. The van der Waals surface area contributed by atoms with E-state index in [1.807, 2.05) is 22.7 Å². The molecule has 7 heteroatoms. The zero-order valence-electron chi connectivity index (χ0n) is 39.7. The summed E-state index contributed by atoms with van der Waals surface area (Å²) in [6.07, 6.45) is 0. The second-order valence-corrected chi connectivity index (χ2v) is 23.3. The van der Waals surface area contributed by atoms with Gasteiger partial charge in [-0.1, -0.05) is 128 Å². The maximum atomic E-state index is 7.31. The Labute approximate surface area is 406 Å². The first-order chi connectivity index (χ1) is 32.8. The molecule has 4 aromatic heterocycles. The molecule has 0 saturated heterocycles. The third-order valence-corrected chi connectivity index (χ3v) is 16.7. The monoisotopic (exact) mass is 918 g/mol. The number of fused-ring (bicyclic) bond motifs is 10. The van der Waals surface area contributed by atoms with Crippen molar-refractivity contribution in [2.75, 3.05) is 9.80 Å². The van der Waals surface area contributed by atoms with Crippen molar-refractivity contribution in [3.63, 3.8) is 0 Å². The number of hydrogen-bond donors (Lipinski definition) is 0. The molecule has 0 bridgehead atoms. The first-order valence-corrected chi connectivity index (χ1v) is 25.5. The molecule has 332 valence electrons. The van der Waals surface area contributed by atoms with Crippen LogP contribution in [0.5, 0.6) is 0 Å². The van der Waals surface area contributed by atoms with Crippen LogP contribution in [0.15, 0.2) is 167 Å². The van der Waals surface area contributed by atoms with E-state index >= 15 is 0 Å². The van der Waals surface area contributed by atoms with Crippen molar-refractivity contribution in [2.45, 2.75) is 72.1 Å². The van der Waals surface area contributed by atoms with Crippen LogP contribution in [0.25, 0.3) is 63.0 Å². The number of benzene rings is 7. The molecule has 2 aliphatic heterocycles. The van der Waals surface area contributed by atoms with Crippen LogP contribution in [-0.4, -0.2) is 6.71 Å². The molecule has 0 fully saturated rings. The van der Waals surface area contributed by atoms with Crippen LogP contribution in [0, 0.1) is 0 Å². The van der Waals surface area contributed by atoms with Crippen molar-refractivity contribution in [2.24, 2.45) is 0 Å². The van der Waals surface area contributed by atoms with E-state index < -0.39 is 0 Å². The number of nitrogens with zero attached hydrogens (tertiary/aromatic N) is 2. The number of thiophene rings is 2. The molecule has 13 rings (SSSR count). The first kappa shape index (κ1) is 41.4. The lowest BCUT2D eigenvalue weighted by molar-refractivity contribution is 0.590. The second kappa shape index (κ2) is 14.9. The molecule has 0 unspecified atom stereocenters. The average Bonchev–Trinajstić information content (AvgIpc) is 4.13. The topological polar surface area (TPSA) is 32.8 Å².